The highest BCUT2D eigenvalue weighted by atomic mass is 16.6. The van der Waals surface area contributed by atoms with Crippen LogP contribution in [-0.4, -0.2) is 15.3 Å². The van der Waals surface area contributed by atoms with E-state index in [1.807, 2.05) is 0 Å². The molecule has 0 spiro atoms. The Balaban J connectivity index is 3.24. The Hall–Kier alpha value is -1.58. The summed E-state index contributed by atoms with van der Waals surface area (Å²) in [6, 6.07) is 0. The number of H-pyrrole nitrogens is 1. The van der Waals surface area contributed by atoms with Crippen LogP contribution in [0.25, 0.3) is 24.3 Å². The molecule has 0 amide bonds. The Morgan fingerprint density at radius 2 is 2.10 bits per heavy atom. The van der Waals surface area contributed by atoms with E-state index in [2.05, 4.69) is 33.1 Å². The van der Waals surface area contributed by atoms with Crippen molar-refractivity contribution >= 4 is 24.3 Å². The van der Waals surface area contributed by atoms with Crippen LogP contribution in [0.3, 0.4) is 0 Å². The van der Waals surface area contributed by atoms with Gasteiger partial charge in [-0.25, -0.2) is 4.63 Å². The van der Waals surface area contributed by atoms with Crippen LogP contribution in [0, 0.1) is 0 Å². The highest BCUT2D eigenvalue weighted by Gasteiger charge is 2.01. The fourth-order valence-electron chi connectivity index (χ4n) is 0.830. The molecule has 2 aromatic heterocycles. The van der Waals surface area contributed by atoms with Gasteiger partial charge in [0.1, 0.15) is 0 Å². The Morgan fingerprint density at radius 1 is 1.30 bits per heavy atom. The zero-order valence-corrected chi connectivity index (χ0v) is 5.22. The van der Waals surface area contributed by atoms with Crippen molar-refractivity contribution in [2.45, 2.75) is 0 Å². The third-order valence-corrected chi connectivity index (χ3v) is 1.41. The van der Waals surface area contributed by atoms with Crippen molar-refractivity contribution in [1.29, 1.82) is 0 Å². The van der Waals surface area contributed by atoms with E-state index < -0.39 is 0 Å². The molecule has 10 heavy (non-hydrogen) atoms. The summed E-state index contributed by atoms with van der Waals surface area (Å²) < 4.78 is 4.44. The molecule has 0 aliphatic carbocycles. The molecule has 2 aromatic rings. The van der Waals surface area contributed by atoms with Crippen LogP contribution in [0.15, 0.2) is 4.63 Å². The van der Waals surface area contributed by atoms with Crippen molar-refractivity contribution in [1.82, 2.24) is 15.3 Å². The lowest BCUT2D eigenvalue weighted by Crippen LogP contribution is -2.18. The number of nitrogens with zero attached hydrogens (tertiary/aromatic N) is 2. The van der Waals surface area contributed by atoms with Gasteiger partial charge in [-0.1, -0.05) is 13.2 Å². The molecular weight excluding hydrogens is 130 g/mol. The molecule has 0 aromatic carbocycles. The van der Waals surface area contributed by atoms with E-state index in [-0.39, 0.29) is 0 Å². The molecule has 0 aliphatic heterocycles. The van der Waals surface area contributed by atoms with E-state index >= 15 is 0 Å². The predicted octanol–water partition coefficient (Wildman–Crippen LogP) is -0.629. The van der Waals surface area contributed by atoms with Gasteiger partial charge in [0.2, 0.25) is 5.65 Å². The van der Waals surface area contributed by atoms with Crippen molar-refractivity contribution in [2.24, 2.45) is 0 Å². The topological polar surface area (TPSA) is 54.7 Å². The molecule has 0 atom stereocenters. The van der Waals surface area contributed by atoms with Gasteiger partial charge in [0, 0.05) is 10.6 Å². The molecule has 4 nitrogen and oxygen atoms in total. The van der Waals surface area contributed by atoms with E-state index in [0.717, 1.165) is 10.6 Å². The van der Waals surface area contributed by atoms with Gasteiger partial charge >= 0.3 is 0 Å². The maximum atomic E-state index is 4.44. The van der Waals surface area contributed by atoms with Gasteiger partial charge in [-0.15, -0.1) is 0 Å². The van der Waals surface area contributed by atoms with Gasteiger partial charge in [-0.2, -0.15) is 0 Å². The number of hydrogen-bond acceptors (Lipinski definition) is 3. The lowest BCUT2D eigenvalue weighted by molar-refractivity contribution is 0.314. The number of nitrogens with one attached hydrogen (secondary N) is 1. The third-order valence-electron chi connectivity index (χ3n) is 1.41. The minimum Gasteiger partial charge on any atom is -0.335 e. The van der Waals surface area contributed by atoms with Crippen molar-refractivity contribution < 1.29 is 4.63 Å². The molecule has 2 heterocycles. The molecule has 2 rings (SSSR count). The SMILES string of the molecule is C=c1[nH]c2nonc2c1=C. The van der Waals surface area contributed by atoms with Crippen molar-refractivity contribution in [3.8, 4) is 0 Å². The summed E-state index contributed by atoms with van der Waals surface area (Å²) in [6.45, 7) is 7.41. The van der Waals surface area contributed by atoms with Crippen LogP contribution in [0.1, 0.15) is 0 Å². The first-order valence-corrected chi connectivity index (χ1v) is 2.77. The Morgan fingerprint density at radius 3 is 2.80 bits per heavy atom. The van der Waals surface area contributed by atoms with Crippen LogP contribution in [-0.2, 0) is 0 Å². The molecule has 0 unspecified atom stereocenters. The fourth-order valence-corrected chi connectivity index (χ4v) is 0.830. The summed E-state index contributed by atoms with van der Waals surface area (Å²) in [7, 11) is 0. The van der Waals surface area contributed by atoms with E-state index in [4.69, 9.17) is 0 Å². The van der Waals surface area contributed by atoms with Gasteiger partial charge in [-0.05, 0) is 10.3 Å². The van der Waals surface area contributed by atoms with Crippen molar-refractivity contribution in [2.75, 3.05) is 0 Å². The number of hydrogen-bond donors (Lipinski definition) is 1. The number of aromatic nitrogens is 3. The van der Waals surface area contributed by atoms with Crippen LogP contribution in [0.2, 0.25) is 0 Å². The summed E-state index contributed by atoms with van der Waals surface area (Å²) in [5, 5.41) is 8.68. The summed E-state index contributed by atoms with van der Waals surface area (Å²) in [6.07, 6.45) is 0. The molecule has 0 aliphatic rings. The first-order valence-electron chi connectivity index (χ1n) is 2.77. The van der Waals surface area contributed by atoms with Crippen molar-refractivity contribution in [3.63, 3.8) is 0 Å². The van der Waals surface area contributed by atoms with Crippen LogP contribution >= 0.6 is 0 Å². The third kappa shape index (κ3) is 0.452. The van der Waals surface area contributed by atoms with Crippen molar-refractivity contribution in [3.05, 3.63) is 10.6 Å². The average Bonchev–Trinajstić information content (AvgIpc) is 2.41. The highest BCUT2D eigenvalue weighted by Crippen LogP contribution is 1.93. The minimum atomic E-state index is 0.606. The van der Waals surface area contributed by atoms with E-state index in [9.17, 15) is 0 Å². The second-order valence-corrected chi connectivity index (χ2v) is 2.04. The van der Waals surface area contributed by atoms with Gasteiger partial charge in [0.25, 0.3) is 0 Å². The molecule has 1 N–H and O–H groups in total. The van der Waals surface area contributed by atoms with Gasteiger partial charge < -0.3 is 4.98 Å². The maximum Gasteiger partial charge on any atom is 0.203 e. The average molecular weight is 135 g/mol. The molecule has 0 radical (unpaired) electrons. The van der Waals surface area contributed by atoms with E-state index in [1.54, 1.807) is 0 Å². The van der Waals surface area contributed by atoms with Crippen LogP contribution < -0.4 is 10.6 Å². The summed E-state index contributed by atoms with van der Waals surface area (Å²) in [4.78, 5) is 2.87. The largest absolute Gasteiger partial charge is 0.335 e. The molecule has 0 fully saturated rings. The summed E-state index contributed by atoms with van der Waals surface area (Å²) >= 11 is 0. The first-order chi connectivity index (χ1) is 4.79. The summed E-state index contributed by atoms with van der Waals surface area (Å²) in [5.74, 6) is 0. The van der Waals surface area contributed by atoms with Gasteiger partial charge in [0.05, 0.1) is 0 Å². The Kier molecular flexibility index (Phi) is 0.768. The second kappa shape index (κ2) is 1.47. The van der Waals surface area contributed by atoms with Crippen LogP contribution in [0.5, 0.6) is 0 Å². The van der Waals surface area contributed by atoms with Gasteiger partial charge in [0.15, 0.2) is 5.52 Å². The molecule has 0 saturated heterocycles. The lowest BCUT2D eigenvalue weighted by atomic mass is 10.4. The Labute approximate surface area is 55.8 Å². The first kappa shape index (κ1) is 5.22. The number of aromatic amines is 1. The van der Waals surface area contributed by atoms with E-state index in [1.165, 1.54) is 0 Å². The normalized spacial score (nSPS) is 10.8. The minimum absolute atomic E-state index is 0.606. The summed E-state index contributed by atoms with van der Waals surface area (Å²) in [5.41, 5.74) is 1.26. The quantitative estimate of drug-likeness (QED) is 0.523. The fraction of sp³-hybridized carbons (Fsp3) is 0. The Bertz CT molecular complexity index is 453. The number of rotatable bonds is 0. The second-order valence-electron chi connectivity index (χ2n) is 2.04. The number of fused-ring (bicyclic) bond motifs is 1. The molecule has 50 valence electrons. The zero-order valence-electron chi connectivity index (χ0n) is 5.22. The standard InChI is InChI=1S/C6H5N3O/c1-3-4(2)7-6-5(3)8-10-9-6/h1-2H2,(H,7,9). The molecule has 0 saturated carbocycles. The van der Waals surface area contributed by atoms with Gasteiger partial charge in [-0.3, -0.25) is 0 Å². The molecular formula is C6H5N3O. The smallest absolute Gasteiger partial charge is 0.203 e. The molecule has 0 bridgehead atoms. The molecule has 4 heteroatoms. The highest BCUT2D eigenvalue weighted by molar-refractivity contribution is 5.70. The lowest BCUT2D eigenvalue weighted by Gasteiger charge is -1.66. The predicted molar refractivity (Wildman–Crippen MR) is 36.4 cm³/mol. The van der Waals surface area contributed by atoms with Crippen LogP contribution in [0.4, 0.5) is 0 Å². The maximum absolute atomic E-state index is 4.44. The van der Waals surface area contributed by atoms with E-state index in [0.29, 0.717) is 11.2 Å². The zero-order chi connectivity index (χ0) is 7.14. The monoisotopic (exact) mass is 135 g/mol.